The Balaban J connectivity index is 2.31. The third kappa shape index (κ3) is 1.68. The standard InChI is InChI=1S/C14H10ClFN2/c1-18-13-7-6-9(15)8-12(13)17-14(18)10-4-2-3-5-11(10)16/h2-8H,1H3. The molecule has 18 heavy (non-hydrogen) atoms. The molecule has 1 heterocycles. The average Bonchev–Trinajstić information content (AvgIpc) is 2.67. The first-order valence-corrected chi connectivity index (χ1v) is 5.91. The van der Waals surface area contributed by atoms with Crippen LogP contribution in [0.15, 0.2) is 42.5 Å². The van der Waals surface area contributed by atoms with Gasteiger partial charge in [-0.25, -0.2) is 9.37 Å². The Morgan fingerprint density at radius 3 is 2.72 bits per heavy atom. The van der Waals surface area contributed by atoms with Crippen molar-refractivity contribution >= 4 is 22.6 Å². The van der Waals surface area contributed by atoms with Crippen molar-refractivity contribution in [3.8, 4) is 11.4 Å². The van der Waals surface area contributed by atoms with Crippen LogP contribution in [-0.2, 0) is 7.05 Å². The number of imidazole rings is 1. The summed E-state index contributed by atoms with van der Waals surface area (Å²) in [6.45, 7) is 0. The van der Waals surface area contributed by atoms with Gasteiger partial charge in [0.25, 0.3) is 0 Å². The molecule has 0 radical (unpaired) electrons. The topological polar surface area (TPSA) is 17.8 Å². The second-order valence-corrected chi connectivity index (χ2v) is 4.54. The van der Waals surface area contributed by atoms with E-state index in [0.29, 0.717) is 16.4 Å². The molecule has 0 aliphatic rings. The molecule has 0 amide bonds. The van der Waals surface area contributed by atoms with Crippen LogP contribution >= 0.6 is 11.6 Å². The maximum Gasteiger partial charge on any atom is 0.143 e. The van der Waals surface area contributed by atoms with Crippen molar-refractivity contribution in [1.82, 2.24) is 9.55 Å². The summed E-state index contributed by atoms with van der Waals surface area (Å²) in [6, 6.07) is 12.1. The van der Waals surface area contributed by atoms with Gasteiger partial charge in [-0.05, 0) is 30.3 Å². The molecule has 0 bridgehead atoms. The Kier molecular flexibility index (Phi) is 2.56. The van der Waals surface area contributed by atoms with Crippen LogP contribution in [0.25, 0.3) is 22.4 Å². The molecule has 0 aliphatic carbocycles. The third-order valence-corrected chi connectivity index (χ3v) is 3.19. The lowest BCUT2D eigenvalue weighted by Gasteiger charge is -2.03. The highest BCUT2D eigenvalue weighted by Gasteiger charge is 2.13. The fourth-order valence-corrected chi connectivity index (χ4v) is 2.22. The molecule has 0 aliphatic heterocycles. The average molecular weight is 261 g/mol. The number of aryl methyl sites for hydroxylation is 1. The fraction of sp³-hybridized carbons (Fsp3) is 0.0714. The predicted octanol–water partition coefficient (Wildman–Crippen LogP) is 4.03. The van der Waals surface area contributed by atoms with Crippen molar-refractivity contribution in [3.05, 3.63) is 53.3 Å². The largest absolute Gasteiger partial charge is 0.327 e. The molecule has 3 aromatic rings. The van der Waals surface area contributed by atoms with E-state index in [-0.39, 0.29) is 5.82 Å². The minimum Gasteiger partial charge on any atom is -0.327 e. The van der Waals surface area contributed by atoms with Crippen molar-refractivity contribution in [1.29, 1.82) is 0 Å². The van der Waals surface area contributed by atoms with E-state index >= 15 is 0 Å². The number of nitrogens with zero attached hydrogens (tertiary/aromatic N) is 2. The highest BCUT2D eigenvalue weighted by molar-refractivity contribution is 6.31. The van der Waals surface area contributed by atoms with Crippen molar-refractivity contribution in [2.24, 2.45) is 7.05 Å². The van der Waals surface area contributed by atoms with Crippen molar-refractivity contribution in [2.45, 2.75) is 0 Å². The van der Waals surface area contributed by atoms with Gasteiger partial charge in [0.05, 0.1) is 16.6 Å². The summed E-state index contributed by atoms with van der Waals surface area (Å²) >= 11 is 5.93. The number of aromatic nitrogens is 2. The molecule has 0 N–H and O–H groups in total. The molecular weight excluding hydrogens is 251 g/mol. The van der Waals surface area contributed by atoms with E-state index < -0.39 is 0 Å². The fourth-order valence-electron chi connectivity index (χ4n) is 2.06. The first-order chi connectivity index (χ1) is 8.66. The molecule has 0 unspecified atom stereocenters. The van der Waals surface area contributed by atoms with Crippen LogP contribution in [-0.4, -0.2) is 9.55 Å². The number of hydrogen-bond acceptors (Lipinski definition) is 1. The first-order valence-electron chi connectivity index (χ1n) is 5.53. The maximum absolute atomic E-state index is 13.8. The smallest absolute Gasteiger partial charge is 0.143 e. The summed E-state index contributed by atoms with van der Waals surface area (Å²) in [4.78, 5) is 4.44. The summed E-state index contributed by atoms with van der Waals surface area (Å²) in [5.74, 6) is 0.326. The van der Waals surface area contributed by atoms with E-state index in [0.717, 1.165) is 11.0 Å². The number of benzene rings is 2. The van der Waals surface area contributed by atoms with Gasteiger partial charge in [0.15, 0.2) is 0 Å². The summed E-state index contributed by atoms with van der Waals surface area (Å²) in [5, 5.41) is 0.626. The van der Waals surface area contributed by atoms with Crippen LogP contribution in [0.4, 0.5) is 4.39 Å². The first kappa shape index (κ1) is 11.2. The highest BCUT2D eigenvalue weighted by atomic mass is 35.5. The molecule has 0 saturated heterocycles. The molecule has 4 heteroatoms. The van der Waals surface area contributed by atoms with Gasteiger partial charge < -0.3 is 4.57 Å². The van der Waals surface area contributed by atoms with Crippen LogP contribution in [0.5, 0.6) is 0 Å². The van der Waals surface area contributed by atoms with Crippen molar-refractivity contribution < 1.29 is 4.39 Å². The van der Waals surface area contributed by atoms with Crippen LogP contribution in [0, 0.1) is 5.82 Å². The summed E-state index contributed by atoms with van der Waals surface area (Å²) in [7, 11) is 1.87. The van der Waals surface area contributed by atoms with Gasteiger partial charge in [0.2, 0.25) is 0 Å². The third-order valence-electron chi connectivity index (χ3n) is 2.96. The van der Waals surface area contributed by atoms with E-state index in [9.17, 15) is 4.39 Å². The quantitative estimate of drug-likeness (QED) is 0.646. The Labute approximate surface area is 109 Å². The normalized spacial score (nSPS) is 11.1. The second kappa shape index (κ2) is 4.10. The van der Waals surface area contributed by atoms with Crippen LogP contribution in [0.2, 0.25) is 5.02 Å². The second-order valence-electron chi connectivity index (χ2n) is 4.11. The summed E-state index contributed by atoms with van der Waals surface area (Å²) < 4.78 is 15.6. The monoisotopic (exact) mass is 260 g/mol. The van der Waals surface area contributed by atoms with Crippen LogP contribution in [0.1, 0.15) is 0 Å². The van der Waals surface area contributed by atoms with E-state index in [1.165, 1.54) is 6.07 Å². The lowest BCUT2D eigenvalue weighted by molar-refractivity contribution is 0.629. The van der Waals surface area contributed by atoms with E-state index in [1.54, 1.807) is 30.3 Å². The SMILES string of the molecule is Cn1c(-c2ccccc2F)nc2cc(Cl)ccc21. The zero-order chi connectivity index (χ0) is 12.7. The lowest BCUT2D eigenvalue weighted by Crippen LogP contribution is -1.94. The van der Waals surface area contributed by atoms with Gasteiger partial charge in [-0.2, -0.15) is 0 Å². The molecule has 1 aromatic heterocycles. The summed E-state index contributed by atoms with van der Waals surface area (Å²) in [5.41, 5.74) is 2.19. The molecule has 0 spiro atoms. The van der Waals surface area contributed by atoms with E-state index in [4.69, 9.17) is 11.6 Å². The van der Waals surface area contributed by atoms with Gasteiger partial charge >= 0.3 is 0 Å². The number of hydrogen-bond donors (Lipinski definition) is 0. The van der Waals surface area contributed by atoms with Crippen LogP contribution in [0.3, 0.4) is 0 Å². The van der Waals surface area contributed by atoms with Crippen molar-refractivity contribution in [3.63, 3.8) is 0 Å². The number of rotatable bonds is 1. The highest BCUT2D eigenvalue weighted by Crippen LogP contribution is 2.27. The molecule has 0 atom stereocenters. The van der Waals surface area contributed by atoms with Crippen molar-refractivity contribution in [2.75, 3.05) is 0 Å². The van der Waals surface area contributed by atoms with E-state index in [2.05, 4.69) is 4.98 Å². The summed E-state index contributed by atoms with van der Waals surface area (Å²) in [6.07, 6.45) is 0. The van der Waals surface area contributed by atoms with Gasteiger partial charge in [-0.15, -0.1) is 0 Å². The number of fused-ring (bicyclic) bond motifs is 1. The Morgan fingerprint density at radius 1 is 1.17 bits per heavy atom. The minimum atomic E-state index is -0.276. The molecule has 0 fully saturated rings. The van der Waals surface area contributed by atoms with Gasteiger partial charge in [0.1, 0.15) is 11.6 Å². The zero-order valence-electron chi connectivity index (χ0n) is 9.69. The Morgan fingerprint density at radius 2 is 1.94 bits per heavy atom. The number of halogens is 2. The molecule has 0 saturated carbocycles. The lowest BCUT2D eigenvalue weighted by atomic mass is 10.2. The zero-order valence-corrected chi connectivity index (χ0v) is 10.4. The van der Waals surface area contributed by atoms with Gasteiger partial charge in [-0.3, -0.25) is 0 Å². The molecular formula is C14H10ClFN2. The predicted molar refractivity (Wildman–Crippen MR) is 71.1 cm³/mol. The Bertz CT molecular complexity index is 734. The Hall–Kier alpha value is -1.87. The molecule has 2 nitrogen and oxygen atoms in total. The molecule has 90 valence electrons. The minimum absolute atomic E-state index is 0.276. The van der Waals surface area contributed by atoms with E-state index in [1.807, 2.05) is 17.7 Å². The van der Waals surface area contributed by atoms with Gasteiger partial charge in [-0.1, -0.05) is 23.7 Å². The van der Waals surface area contributed by atoms with Gasteiger partial charge in [0, 0.05) is 12.1 Å². The molecule has 2 aromatic carbocycles. The van der Waals surface area contributed by atoms with Crippen LogP contribution < -0.4 is 0 Å². The molecule has 3 rings (SSSR count). The maximum atomic E-state index is 13.8.